The summed E-state index contributed by atoms with van der Waals surface area (Å²) < 4.78 is 13.8. The van der Waals surface area contributed by atoms with Crippen LogP contribution in [0.1, 0.15) is 79.7 Å². The largest absolute Gasteiger partial charge is 0.468 e. The van der Waals surface area contributed by atoms with Crippen molar-refractivity contribution in [3.05, 3.63) is 75.7 Å². The van der Waals surface area contributed by atoms with Gasteiger partial charge in [-0.1, -0.05) is 30.9 Å². The first-order valence-corrected chi connectivity index (χ1v) is 13.4. The first-order chi connectivity index (χ1) is 18.2. The molecular formula is C28H34N6O3. The molecule has 3 aromatic heterocycles. The minimum atomic E-state index is -0.458. The van der Waals surface area contributed by atoms with Crippen molar-refractivity contribution in [1.82, 2.24) is 30.1 Å². The lowest BCUT2D eigenvalue weighted by Gasteiger charge is -2.33. The van der Waals surface area contributed by atoms with Crippen LogP contribution in [0, 0.1) is 6.92 Å². The molecule has 9 nitrogen and oxygen atoms in total. The molecule has 1 aliphatic carbocycles. The second-order valence-corrected chi connectivity index (χ2v) is 10.5. The fraction of sp³-hybridized carbons (Fsp3) is 0.500. The molecule has 37 heavy (non-hydrogen) atoms. The summed E-state index contributed by atoms with van der Waals surface area (Å²) >= 11 is 0. The number of nitrogens with one attached hydrogen (secondary N) is 1. The molecule has 0 amide bonds. The summed E-state index contributed by atoms with van der Waals surface area (Å²) in [7, 11) is 0. The number of hydrogen-bond acceptors (Lipinski definition) is 7. The second kappa shape index (κ2) is 10.6. The van der Waals surface area contributed by atoms with Crippen LogP contribution in [0.3, 0.4) is 0 Å². The van der Waals surface area contributed by atoms with E-state index >= 15 is 0 Å². The van der Waals surface area contributed by atoms with Crippen molar-refractivity contribution in [2.24, 2.45) is 0 Å². The Morgan fingerprint density at radius 3 is 2.81 bits per heavy atom. The molecule has 1 N–H and O–H groups in total. The third kappa shape index (κ3) is 5.10. The van der Waals surface area contributed by atoms with Gasteiger partial charge in [0.15, 0.2) is 5.82 Å². The lowest BCUT2D eigenvalue weighted by atomic mass is 9.95. The van der Waals surface area contributed by atoms with Crippen molar-refractivity contribution in [3.63, 3.8) is 0 Å². The summed E-state index contributed by atoms with van der Waals surface area (Å²) in [4.78, 5) is 19.0. The molecule has 1 aliphatic heterocycles. The zero-order valence-electron chi connectivity index (χ0n) is 21.3. The van der Waals surface area contributed by atoms with E-state index < -0.39 is 6.04 Å². The lowest BCUT2D eigenvalue weighted by Crippen LogP contribution is -2.39. The molecule has 2 atom stereocenters. The summed E-state index contributed by atoms with van der Waals surface area (Å²) in [5.41, 5.74) is 2.47. The van der Waals surface area contributed by atoms with E-state index in [1.165, 1.54) is 6.42 Å². The van der Waals surface area contributed by atoms with E-state index in [9.17, 15) is 4.79 Å². The number of aryl methyl sites for hydroxylation is 1. The third-order valence-corrected chi connectivity index (χ3v) is 7.77. The van der Waals surface area contributed by atoms with Crippen LogP contribution < -0.4 is 5.56 Å². The average Bonchev–Trinajstić information content (AvgIpc) is 3.69. The van der Waals surface area contributed by atoms with E-state index in [4.69, 9.17) is 9.15 Å². The van der Waals surface area contributed by atoms with E-state index in [1.807, 2.05) is 35.0 Å². The van der Waals surface area contributed by atoms with E-state index in [2.05, 4.69) is 38.4 Å². The summed E-state index contributed by atoms with van der Waals surface area (Å²) in [6.45, 7) is 3.99. The van der Waals surface area contributed by atoms with Gasteiger partial charge in [-0.2, -0.15) is 0 Å². The van der Waals surface area contributed by atoms with Crippen LogP contribution in [-0.4, -0.2) is 49.3 Å². The molecule has 1 saturated heterocycles. The molecule has 9 heteroatoms. The first kappa shape index (κ1) is 24.1. The normalized spacial score (nSPS) is 19.7. The van der Waals surface area contributed by atoms with E-state index in [-0.39, 0.29) is 17.7 Å². The average molecular weight is 503 g/mol. The fourth-order valence-electron chi connectivity index (χ4n) is 5.93. The number of rotatable bonds is 8. The number of nitrogens with zero attached hydrogens (tertiary/aromatic N) is 5. The molecule has 1 aromatic carbocycles. The van der Waals surface area contributed by atoms with Gasteiger partial charge in [-0.3, -0.25) is 9.69 Å². The first-order valence-electron chi connectivity index (χ1n) is 13.4. The molecule has 4 heterocycles. The smallest absolute Gasteiger partial charge is 0.253 e. The van der Waals surface area contributed by atoms with Crippen molar-refractivity contribution in [1.29, 1.82) is 0 Å². The van der Waals surface area contributed by atoms with Crippen LogP contribution in [-0.2, 0) is 11.3 Å². The Kier molecular flexibility index (Phi) is 6.89. The highest BCUT2D eigenvalue weighted by Crippen LogP contribution is 2.34. The molecule has 4 aromatic rings. The molecule has 2 fully saturated rings. The van der Waals surface area contributed by atoms with E-state index in [0.29, 0.717) is 24.5 Å². The topological polar surface area (TPSA) is 102 Å². The molecule has 2 aliphatic rings. The van der Waals surface area contributed by atoms with Crippen molar-refractivity contribution in [3.8, 4) is 0 Å². The van der Waals surface area contributed by atoms with Gasteiger partial charge >= 0.3 is 0 Å². The number of fused-ring (bicyclic) bond motifs is 1. The zero-order valence-corrected chi connectivity index (χ0v) is 21.3. The van der Waals surface area contributed by atoms with Gasteiger partial charge in [-0.05, 0) is 78.8 Å². The van der Waals surface area contributed by atoms with Gasteiger partial charge in [-0.15, -0.1) is 5.10 Å². The Morgan fingerprint density at radius 2 is 2.03 bits per heavy atom. The van der Waals surface area contributed by atoms with Crippen LogP contribution in [0.5, 0.6) is 0 Å². The van der Waals surface area contributed by atoms with E-state index in [0.717, 1.165) is 67.4 Å². The fourth-order valence-corrected chi connectivity index (χ4v) is 5.93. The van der Waals surface area contributed by atoms with Crippen molar-refractivity contribution in [2.45, 2.75) is 76.6 Å². The number of tetrazole rings is 1. The Labute approximate surface area is 215 Å². The highest BCUT2D eigenvalue weighted by molar-refractivity contribution is 5.79. The van der Waals surface area contributed by atoms with Crippen molar-refractivity contribution < 1.29 is 9.15 Å². The highest BCUT2D eigenvalue weighted by Gasteiger charge is 2.35. The predicted octanol–water partition coefficient (Wildman–Crippen LogP) is 4.69. The molecule has 1 saturated carbocycles. The number of aromatic nitrogens is 5. The van der Waals surface area contributed by atoms with Crippen LogP contribution in [0.25, 0.3) is 10.9 Å². The van der Waals surface area contributed by atoms with Crippen LogP contribution >= 0.6 is 0 Å². The predicted molar refractivity (Wildman–Crippen MR) is 139 cm³/mol. The van der Waals surface area contributed by atoms with Gasteiger partial charge < -0.3 is 14.1 Å². The van der Waals surface area contributed by atoms with Gasteiger partial charge in [0.25, 0.3) is 5.56 Å². The monoisotopic (exact) mass is 502 g/mol. The van der Waals surface area contributed by atoms with Gasteiger partial charge in [0.2, 0.25) is 0 Å². The second-order valence-electron chi connectivity index (χ2n) is 10.5. The Bertz CT molecular complexity index is 1380. The van der Waals surface area contributed by atoms with Crippen LogP contribution in [0.2, 0.25) is 0 Å². The lowest BCUT2D eigenvalue weighted by molar-refractivity contribution is 0.0539. The molecule has 0 radical (unpaired) electrons. The molecule has 6 rings (SSSR count). The number of pyridine rings is 1. The standard InChI is InChI=1S/C28H34N6O3/c1-19-11-12-25-20(15-19)16-24(28(35)29-25)26(27-30-31-32-34(27)21-7-3-2-4-8-21)33(17-22-9-5-13-36-22)18-23-10-6-14-37-23/h5,9,11-13,15-16,21,23,26H,2-4,6-8,10,14,17-18H2,1H3,(H,29,35). The Balaban J connectivity index is 1.50. The summed E-state index contributed by atoms with van der Waals surface area (Å²) in [5, 5.41) is 14.2. The molecule has 194 valence electrons. The maximum atomic E-state index is 13.7. The number of ether oxygens (including phenoxy) is 1. The van der Waals surface area contributed by atoms with Gasteiger partial charge in [0, 0.05) is 24.2 Å². The van der Waals surface area contributed by atoms with Crippen molar-refractivity contribution in [2.75, 3.05) is 13.2 Å². The Hall–Kier alpha value is -3.30. The van der Waals surface area contributed by atoms with Gasteiger partial charge in [-0.25, -0.2) is 4.68 Å². The van der Waals surface area contributed by atoms with Gasteiger partial charge in [0.05, 0.1) is 25.0 Å². The van der Waals surface area contributed by atoms with Crippen LogP contribution in [0.4, 0.5) is 0 Å². The third-order valence-electron chi connectivity index (χ3n) is 7.77. The molecule has 2 unspecified atom stereocenters. The Morgan fingerprint density at radius 1 is 1.14 bits per heavy atom. The number of aromatic amines is 1. The minimum Gasteiger partial charge on any atom is -0.468 e. The quantitative estimate of drug-likeness (QED) is 0.373. The summed E-state index contributed by atoms with van der Waals surface area (Å²) in [5.74, 6) is 1.53. The summed E-state index contributed by atoms with van der Waals surface area (Å²) in [6, 6.07) is 11.7. The SMILES string of the molecule is Cc1ccc2[nH]c(=O)c(C(c3nnnn3C3CCCCC3)N(Cc3ccco3)CC3CCCO3)cc2c1. The minimum absolute atomic E-state index is 0.0817. The number of benzene rings is 1. The molecule has 0 spiro atoms. The van der Waals surface area contributed by atoms with Crippen LogP contribution in [0.15, 0.2) is 51.9 Å². The number of H-pyrrole nitrogens is 1. The highest BCUT2D eigenvalue weighted by atomic mass is 16.5. The van der Waals surface area contributed by atoms with E-state index in [1.54, 1.807) is 6.26 Å². The number of hydrogen-bond donors (Lipinski definition) is 1. The van der Waals surface area contributed by atoms with Gasteiger partial charge in [0.1, 0.15) is 11.8 Å². The summed E-state index contributed by atoms with van der Waals surface area (Å²) in [6.07, 6.45) is 9.45. The molecule has 0 bridgehead atoms. The zero-order chi connectivity index (χ0) is 25.2. The maximum absolute atomic E-state index is 13.7. The molecular weight excluding hydrogens is 468 g/mol. The van der Waals surface area contributed by atoms with Crippen molar-refractivity contribution >= 4 is 10.9 Å². The maximum Gasteiger partial charge on any atom is 0.253 e. The number of furan rings is 1.